The molecule has 0 saturated carbocycles. The number of hydrogen-bond acceptors (Lipinski definition) is 6. The van der Waals surface area contributed by atoms with Crippen LogP contribution in [0.4, 0.5) is 0 Å². The van der Waals surface area contributed by atoms with Gasteiger partial charge in [-0.3, -0.25) is 4.79 Å². The highest BCUT2D eigenvalue weighted by Gasteiger charge is 2.29. The molecule has 1 fully saturated rings. The van der Waals surface area contributed by atoms with E-state index in [2.05, 4.69) is 15.4 Å². The summed E-state index contributed by atoms with van der Waals surface area (Å²) in [6.07, 6.45) is 2.51. The Balaban J connectivity index is 1.42. The lowest BCUT2D eigenvalue weighted by atomic mass is 10.2. The van der Waals surface area contributed by atoms with Crippen molar-refractivity contribution >= 4 is 28.6 Å². The molecule has 1 saturated heterocycles. The van der Waals surface area contributed by atoms with Crippen molar-refractivity contribution in [1.82, 2.24) is 25.1 Å². The molecule has 1 aliphatic heterocycles. The van der Waals surface area contributed by atoms with Crippen LogP contribution in [0.5, 0.6) is 0 Å². The molecule has 8 heteroatoms. The minimum atomic E-state index is 0.155. The molecule has 24 heavy (non-hydrogen) atoms. The zero-order valence-electron chi connectivity index (χ0n) is 13.0. The Morgan fingerprint density at radius 1 is 1.25 bits per heavy atom. The summed E-state index contributed by atoms with van der Waals surface area (Å²) < 4.78 is 0. The summed E-state index contributed by atoms with van der Waals surface area (Å²) in [7, 11) is 0. The second-order valence-electron chi connectivity index (χ2n) is 5.78. The highest BCUT2D eigenvalue weighted by molar-refractivity contribution is 7.13. The number of rotatable bonds is 5. The first-order valence-electron chi connectivity index (χ1n) is 7.93. The number of tetrazole rings is 1. The lowest BCUT2D eigenvalue weighted by Gasteiger charge is -2.23. The molecule has 3 aromatic rings. The van der Waals surface area contributed by atoms with E-state index in [9.17, 15) is 4.79 Å². The Labute approximate surface area is 147 Å². The highest BCUT2D eigenvalue weighted by atomic mass is 32.1. The van der Waals surface area contributed by atoms with Crippen LogP contribution in [0.3, 0.4) is 0 Å². The number of aromatic nitrogens is 4. The van der Waals surface area contributed by atoms with E-state index in [0.717, 1.165) is 29.1 Å². The Kier molecular flexibility index (Phi) is 4.40. The third-order valence-electron chi connectivity index (χ3n) is 4.17. The van der Waals surface area contributed by atoms with Crippen LogP contribution in [0, 0.1) is 0 Å². The van der Waals surface area contributed by atoms with Crippen molar-refractivity contribution in [2.24, 2.45) is 0 Å². The van der Waals surface area contributed by atoms with Gasteiger partial charge >= 0.3 is 0 Å². The van der Waals surface area contributed by atoms with Crippen molar-refractivity contribution in [3.8, 4) is 10.7 Å². The van der Waals surface area contributed by atoms with Crippen LogP contribution < -0.4 is 0 Å². The molecule has 0 aromatic carbocycles. The van der Waals surface area contributed by atoms with E-state index in [1.165, 1.54) is 0 Å². The molecular weight excluding hydrogens is 342 g/mol. The van der Waals surface area contributed by atoms with Crippen LogP contribution in [-0.4, -0.2) is 43.6 Å². The van der Waals surface area contributed by atoms with Crippen LogP contribution >= 0.6 is 22.7 Å². The van der Waals surface area contributed by atoms with Gasteiger partial charge in [0.2, 0.25) is 11.7 Å². The molecule has 1 atom stereocenters. The second kappa shape index (κ2) is 6.82. The van der Waals surface area contributed by atoms with E-state index in [1.54, 1.807) is 27.5 Å². The lowest BCUT2D eigenvalue weighted by molar-refractivity contribution is -0.131. The van der Waals surface area contributed by atoms with E-state index in [0.29, 0.717) is 18.8 Å². The Hall–Kier alpha value is -2.06. The first-order valence-corrected chi connectivity index (χ1v) is 9.69. The fourth-order valence-electron chi connectivity index (χ4n) is 3.03. The maximum Gasteiger partial charge on any atom is 0.228 e. The molecular formula is C16H17N5OS2. The summed E-state index contributed by atoms with van der Waals surface area (Å²) in [5, 5.41) is 16.7. The molecule has 3 aromatic heterocycles. The normalized spacial score (nSPS) is 17.5. The van der Waals surface area contributed by atoms with Gasteiger partial charge in [0.1, 0.15) is 0 Å². The Morgan fingerprint density at radius 2 is 2.12 bits per heavy atom. The number of amides is 1. The van der Waals surface area contributed by atoms with Gasteiger partial charge < -0.3 is 4.90 Å². The Morgan fingerprint density at radius 3 is 2.92 bits per heavy atom. The third kappa shape index (κ3) is 3.25. The smallest absolute Gasteiger partial charge is 0.228 e. The molecule has 4 heterocycles. The minimum Gasteiger partial charge on any atom is -0.337 e. The van der Waals surface area contributed by atoms with Gasteiger partial charge in [0, 0.05) is 11.4 Å². The predicted molar refractivity (Wildman–Crippen MR) is 93.9 cm³/mol. The van der Waals surface area contributed by atoms with Gasteiger partial charge in [-0.25, -0.2) is 0 Å². The van der Waals surface area contributed by atoms with Crippen molar-refractivity contribution < 1.29 is 4.79 Å². The summed E-state index contributed by atoms with van der Waals surface area (Å²) in [6, 6.07) is 8.11. The number of likely N-dealkylation sites (tertiary alicyclic amines) is 1. The monoisotopic (exact) mass is 359 g/mol. The van der Waals surface area contributed by atoms with Crippen LogP contribution in [0.15, 0.2) is 35.0 Å². The summed E-state index contributed by atoms with van der Waals surface area (Å²) in [5.74, 6) is 0.845. The molecule has 0 spiro atoms. The molecule has 0 unspecified atom stereocenters. The number of carbonyl (C=O) groups is 1. The summed E-state index contributed by atoms with van der Waals surface area (Å²) >= 11 is 3.23. The second-order valence-corrected chi connectivity index (χ2v) is 7.76. The fourth-order valence-corrected chi connectivity index (χ4v) is 4.37. The van der Waals surface area contributed by atoms with Crippen molar-refractivity contribution in [3.05, 3.63) is 39.9 Å². The first kappa shape index (κ1) is 15.5. The van der Waals surface area contributed by atoms with Gasteiger partial charge in [0.15, 0.2) is 0 Å². The summed E-state index contributed by atoms with van der Waals surface area (Å²) in [4.78, 5) is 18.3. The molecule has 124 valence electrons. The maximum absolute atomic E-state index is 12.6. The van der Waals surface area contributed by atoms with Crippen LogP contribution in [-0.2, 0) is 17.8 Å². The number of nitrogens with zero attached hydrogens (tertiary/aromatic N) is 5. The molecule has 1 aliphatic rings. The molecule has 6 nitrogen and oxygen atoms in total. The molecule has 0 N–H and O–H groups in total. The largest absolute Gasteiger partial charge is 0.337 e. The summed E-state index contributed by atoms with van der Waals surface area (Å²) in [6.45, 7) is 1.43. The van der Waals surface area contributed by atoms with E-state index in [4.69, 9.17) is 0 Å². The van der Waals surface area contributed by atoms with E-state index >= 15 is 0 Å². The van der Waals surface area contributed by atoms with Gasteiger partial charge in [-0.15, -0.1) is 32.9 Å². The SMILES string of the molecule is O=C(Cc1cccs1)N1CCC[C@H]1Cn1nnc(-c2cccs2)n1. The minimum absolute atomic E-state index is 0.155. The molecule has 1 amide bonds. The number of thiophene rings is 2. The molecule has 0 bridgehead atoms. The topological polar surface area (TPSA) is 63.9 Å². The van der Waals surface area contributed by atoms with Crippen molar-refractivity contribution in [2.75, 3.05) is 6.54 Å². The molecule has 0 radical (unpaired) electrons. The van der Waals surface area contributed by atoms with Gasteiger partial charge in [-0.2, -0.15) is 4.80 Å². The van der Waals surface area contributed by atoms with Crippen LogP contribution in [0.25, 0.3) is 10.7 Å². The number of carbonyl (C=O) groups excluding carboxylic acids is 1. The lowest BCUT2D eigenvalue weighted by Crippen LogP contribution is -2.39. The highest BCUT2D eigenvalue weighted by Crippen LogP contribution is 2.22. The average molecular weight is 359 g/mol. The van der Waals surface area contributed by atoms with Gasteiger partial charge in [0.05, 0.1) is 23.9 Å². The zero-order valence-corrected chi connectivity index (χ0v) is 14.7. The van der Waals surface area contributed by atoms with Crippen molar-refractivity contribution in [3.63, 3.8) is 0 Å². The summed E-state index contributed by atoms with van der Waals surface area (Å²) in [5.41, 5.74) is 0. The van der Waals surface area contributed by atoms with Crippen molar-refractivity contribution in [2.45, 2.75) is 31.8 Å². The van der Waals surface area contributed by atoms with E-state index < -0.39 is 0 Å². The van der Waals surface area contributed by atoms with Crippen LogP contribution in [0.2, 0.25) is 0 Å². The van der Waals surface area contributed by atoms with Gasteiger partial charge in [0.25, 0.3) is 0 Å². The molecule has 4 rings (SSSR count). The fraction of sp³-hybridized carbons (Fsp3) is 0.375. The standard InChI is InChI=1S/C16H17N5OS2/c22-15(10-13-5-2-8-23-13)20-7-1-4-12(20)11-21-18-16(17-19-21)14-6-3-9-24-14/h2-3,5-6,8-9,12H,1,4,7,10-11H2/t12-/m0/s1. The van der Waals surface area contributed by atoms with Crippen molar-refractivity contribution in [1.29, 1.82) is 0 Å². The van der Waals surface area contributed by atoms with E-state index in [1.807, 2.05) is 39.9 Å². The van der Waals surface area contributed by atoms with Crippen LogP contribution in [0.1, 0.15) is 17.7 Å². The van der Waals surface area contributed by atoms with E-state index in [-0.39, 0.29) is 11.9 Å². The van der Waals surface area contributed by atoms with Gasteiger partial charge in [-0.05, 0) is 40.9 Å². The average Bonchev–Trinajstić information content (AvgIpc) is 3.36. The maximum atomic E-state index is 12.6. The van der Waals surface area contributed by atoms with Gasteiger partial charge in [-0.1, -0.05) is 12.1 Å². The molecule has 0 aliphatic carbocycles. The quantitative estimate of drug-likeness (QED) is 0.703. The first-order chi connectivity index (χ1) is 11.8. The number of hydrogen-bond donors (Lipinski definition) is 0. The Bertz CT molecular complexity index is 796. The third-order valence-corrected chi connectivity index (χ3v) is 5.91. The predicted octanol–water partition coefficient (Wildman–Crippen LogP) is 2.70. The zero-order chi connectivity index (χ0) is 16.4.